The highest BCUT2D eigenvalue weighted by Crippen LogP contribution is 2.31. The third kappa shape index (κ3) is 2.14. The minimum atomic E-state index is -0.814. The molecule has 1 unspecified atom stereocenters. The van der Waals surface area contributed by atoms with Crippen LogP contribution >= 0.6 is 0 Å². The molecule has 0 bridgehead atoms. The molecule has 0 radical (unpaired) electrons. The summed E-state index contributed by atoms with van der Waals surface area (Å²) in [5.41, 5.74) is 4.10. The number of hydrogen-bond acceptors (Lipinski definition) is 2. The second-order valence-electron chi connectivity index (χ2n) is 5.62. The van der Waals surface area contributed by atoms with Gasteiger partial charge in [-0.3, -0.25) is 0 Å². The Labute approximate surface area is 121 Å². The van der Waals surface area contributed by atoms with E-state index in [1.807, 2.05) is 6.07 Å². The molecule has 2 aromatic carbocycles. The monoisotopic (exact) mass is 282 g/mol. The second kappa shape index (κ2) is 4.71. The Morgan fingerprint density at radius 1 is 1.00 bits per heavy atom. The lowest BCUT2D eigenvalue weighted by Gasteiger charge is -2.10. The smallest absolute Gasteiger partial charge is 0.138 e. The van der Waals surface area contributed by atoms with Crippen LogP contribution in [0.1, 0.15) is 35.0 Å². The number of fused-ring (bicyclic) bond motifs is 2. The largest absolute Gasteiger partial charge is 0.458 e. The molecule has 1 aliphatic carbocycles. The van der Waals surface area contributed by atoms with Crippen LogP contribution in [0.5, 0.6) is 0 Å². The molecule has 1 heterocycles. The molecule has 0 saturated carbocycles. The molecule has 1 atom stereocenters. The van der Waals surface area contributed by atoms with Crippen LogP contribution in [0.15, 0.2) is 46.9 Å². The van der Waals surface area contributed by atoms with Crippen molar-refractivity contribution in [2.24, 2.45) is 0 Å². The van der Waals surface area contributed by atoms with Crippen LogP contribution in [0.3, 0.4) is 0 Å². The number of halogens is 1. The van der Waals surface area contributed by atoms with Gasteiger partial charge in [0.25, 0.3) is 0 Å². The Morgan fingerprint density at radius 3 is 2.76 bits per heavy atom. The number of furan rings is 1. The van der Waals surface area contributed by atoms with Gasteiger partial charge >= 0.3 is 0 Å². The van der Waals surface area contributed by atoms with Crippen molar-refractivity contribution in [3.63, 3.8) is 0 Å². The lowest BCUT2D eigenvalue weighted by molar-refractivity contribution is 0.192. The van der Waals surface area contributed by atoms with E-state index in [1.54, 1.807) is 12.1 Å². The Morgan fingerprint density at radius 2 is 1.86 bits per heavy atom. The van der Waals surface area contributed by atoms with E-state index in [0.717, 1.165) is 18.4 Å². The molecule has 1 N–H and O–H groups in total. The van der Waals surface area contributed by atoms with Crippen LogP contribution in [0.25, 0.3) is 11.0 Å². The summed E-state index contributed by atoms with van der Waals surface area (Å²) in [5.74, 6) is 0.149. The maximum atomic E-state index is 13.2. The molecule has 1 aliphatic rings. The highest BCUT2D eigenvalue weighted by Gasteiger charge is 2.18. The number of benzene rings is 2. The van der Waals surface area contributed by atoms with Gasteiger partial charge in [-0.05, 0) is 60.2 Å². The molecule has 1 aromatic heterocycles. The first-order chi connectivity index (χ1) is 10.2. The van der Waals surface area contributed by atoms with Gasteiger partial charge in [0.15, 0.2) is 0 Å². The summed E-state index contributed by atoms with van der Waals surface area (Å²) in [6.45, 7) is 0. The molecule has 0 saturated heterocycles. The summed E-state index contributed by atoms with van der Waals surface area (Å²) in [5, 5.41) is 11.2. The Bertz CT molecular complexity index is 819. The summed E-state index contributed by atoms with van der Waals surface area (Å²) in [4.78, 5) is 0. The van der Waals surface area contributed by atoms with Gasteiger partial charge in [0, 0.05) is 5.39 Å². The molecule has 3 heteroatoms. The summed E-state index contributed by atoms with van der Waals surface area (Å²) < 4.78 is 18.9. The van der Waals surface area contributed by atoms with Crippen LogP contribution < -0.4 is 0 Å². The number of aliphatic hydroxyl groups is 1. The van der Waals surface area contributed by atoms with Crippen molar-refractivity contribution in [3.05, 3.63) is 70.7 Å². The topological polar surface area (TPSA) is 33.4 Å². The zero-order valence-corrected chi connectivity index (χ0v) is 11.5. The summed E-state index contributed by atoms with van der Waals surface area (Å²) in [6.07, 6.45) is 2.56. The van der Waals surface area contributed by atoms with Crippen molar-refractivity contribution < 1.29 is 13.9 Å². The molecular formula is C18H15FO2. The van der Waals surface area contributed by atoms with Crippen molar-refractivity contribution in [1.82, 2.24) is 0 Å². The van der Waals surface area contributed by atoms with Gasteiger partial charge in [-0.25, -0.2) is 4.39 Å². The average molecular weight is 282 g/mol. The van der Waals surface area contributed by atoms with Crippen molar-refractivity contribution in [3.8, 4) is 0 Å². The van der Waals surface area contributed by atoms with Gasteiger partial charge in [0.2, 0.25) is 0 Å². The minimum Gasteiger partial charge on any atom is -0.458 e. The van der Waals surface area contributed by atoms with Gasteiger partial charge in [-0.15, -0.1) is 0 Å². The van der Waals surface area contributed by atoms with E-state index in [4.69, 9.17) is 4.42 Å². The van der Waals surface area contributed by atoms with Gasteiger partial charge in [0.05, 0.1) is 0 Å². The number of hydrogen-bond donors (Lipinski definition) is 1. The summed E-state index contributed by atoms with van der Waals surface area (Å²) >= 11 is 0. The standard InChI is InChI=1S/C18H15FO2/c19-15-6-7-16-14(9-15)10-17(21-16)18(20)13-5-4-11-2-1-3-12(11)8-13/h4-10,18,20H,1-3H2. The summed E-state index contributed by atoms with van der Waals surface area (Å²) in [7, 11) is 0. The molecule has 106 valence electrons. The molecule has 0 fully saturated rings. The molecule has 3 aromatic rings. The first-order valence-electron chi connectivity index (χ1n) is 7.19. The van der Waals surface area contributed by atoms with Crippen molar-refractivity contribution >= 4 is 11.0 Å². The molecule has 0 spiro atoms. The average Bonchev–Trinajstić information content (AvgIpc) is 3.11. The minimum absolute atomic E-state index is 0.304. The molecule has 0 aliphatic heterocycles. The molecule has 2 nitrogen and oxygen atoms in total. The van der Waals surface area contributed by atoms with Gasteiger partial charge in [-0.2, -0.15) is 0 Å². The van der Waals surface area contributed by atoms with Crippen LogP contribution in [0.4, 0.5) is 4.39 Å². The number of aliphatic hydroxyl groups excluding tert-OH is 1. The normalized spacial score (nSPS) is 15.3. The highest BCUT2D eigenvalue weighted by atomic mass is 19.1. The highest BCUT2D eigenvalue weighted by molar-refractivity contribution is 5.78. The van der Waals surface area contributed by atoms with E-state index in [-0.39, 0.29) is 5.82 Å². The maximum Gasteiger partial charge on any atom is 0.138 e. The van der Waals surface area contributed by atoms with Crippen molar-refractivity contribution in [2.45, 2.75) is 25.4 Å². The van der Waals surface area contributed by atoms with Gasteiger partial charge < -0.3 is 9.52 Å². The molecule has 4 rings (SSSR count). The van der Waals surface area contributed by atoms with Crippen LogP contribution in [0.2, 0.25) is 0 Å². The van der Waals surface area contributed by atoms with E-state index < -0.39 is 6.10 Å². The van der Waals surface area contributed by atoms with E-state index in [0.29, 0.717) is 16.7 Å². The van der Waals surface area contributed by atoms with Crippen molar-refractivity contribution in [2.75, 3.05) is 0 Å². The maximum absolute atomic E-state index is 13.2. The zero-order valence-electron chi connectivity index (χ0n) is 11.5. The van der Waals surface area contributed by atoms with E-state index in [1.165, 1.54) is 29.7 Å². The SMILES string of the molecule is OC(c1ccc2c(c1)CCC2)c1cc2cc(F)ccc2o1. The quantitative estimate of drug-likeness (QED) is 0.766. The fourth-order valence-electron chi connectivity index (χ4n) is 3.10. The molecular weight excluding hydrogens is 267 g/mol. The third-order valence-electron chi connectivity index (χ3n) is 4.21. The van der Waals surface area contributed by atoms with Crippen LogP contribution in [-0.2, 0) is 12.8 Å². The fourth-order valence-corrected chi connectivity index (χ4v) is 3.10. The third-order valence-corrected chi connectivity index (χ3v) is 4.21. The summed E-state index contributed by atoms with van der Waals surface area (Å²) in [6, 6.07) is 12.2. The van der Waals surface area contributed by atoms with Crippen LogP contribution in [0, 0.1) is 5.82 Å². The first-order valence-corrected chi connectivity index (χ1v) is 7.19. The first kappa shape index (κ1) is 12.6. The second-order valence-corrected chi connectivity index (χ2v) is 5.62. The van der Waals surface area contributed by atoms with E-state index in [9.17, 15) is 9.50 Å². The number of rotatable bonds is 2. The van der Waals surface area contributed by atoms with E-state index in [2.05, 4.69) is 12.1 Å². The predicted molar refractivity (Wildman–Crippen MR) is 78.7 cm³/mol. The molecule has 0 amide bonds. The Hall–Kier alpha value is -2.13. The fraction of sp³-hybridized carbons (Fsp3) is 0.222. The zero-order chi connectivity index (χ0) is 14.4. The molecule has 21 heavy (non-hydrogen) atoms. The van der Waals surface area contributed by atoms with Gasteiger partial charge in [0.1, 0.15) is 23.3 Å². The lowest BCUT2D eigenvalue weighted by Crippen LogP contribution is -1.99. The van der Waals surface area contributed by atoms with Gasteiger partial charge in [-0.1, -0.05) is 18.2 Å². The van der Waals surface area contributed by atoms with Crippen LogP contribution in [-0.4, -0.2) is 5.11 Å². The lowest BCUT2D eigenvalue weighted by atomic mass is 10.0. The Balaban J connectivity index is 1.73. The Kier molecular flexibility index (Phi) is 2.82. The van der Waals surface area contributed by atoms with E-state index >= 15 is 0 Å². The number of aryl methyl sites for hydroxylation is 2. The predicted octanol–water partition coefficient (Wildman–Crippen LogP) is 4.14. The van der Waals surface area contributed by atoms with Crippen molar-refractivity contribution in [1.29, 1.82) is 0 Å².